The van der Waals surface area contributed by atoms with E-state index in [-0.39, 0.29) is 30.2 Å². The topological polar surface area (TPSA) is 115 Å². The van der Waals surface area contributed by atoms with Gasteiger partial charge in [0, 0.05) is 37.0 Å². The fraction of sp³-hybridized carbons (Fsp3) is 0.312. The molecule has 0 bridgehead atoms. The van der Waals surface area contributed by atoms with E-state index in [4.69, 9.17) is 5.73 Å². The number of hydrogen-bond acceptors (Lipinski definition) is 5. The highest BCUT2D eigenvalue weighted by Gasteiger charge is 2.39. The van der Waals surface area contributed by atoms with Gasteiger partial charge in [-0.3, -0.25) is 14.6 Å². The summed E-state index contributed by atoms with van der Waals surface area (Å²) in [5.74, 6) is -1.55. The molecule has 2 amide bonds. The maximum atomic E-state index is 15.3. The van der Waals surface area contributed by atoms with Crippen LogP contribution in [0, 0.1) is 11.7 Å². The van der Waals surface area contributed by atoms with Gasteiger partial charge in [-0.05, 0) is 60.2 Å². The molecule has 230 valence electrons. The van der Waals surface area contributed by atoms with Crippen molar-refractivity contribution < 1.29 is 27.2 Å². The van der Waals surface area contributed by atoms with Gasteiger partial charge >= 0.3 is 6.18 Å². The number of anilines is 1. The third-order valence-corrected chi connectivity index (χ3v) is 7.78. The average molecular weight is 609 g/mol. The van der Waals surface area contributed by atoms with Crippen LogP contribution < -0.4 is 16.4 Å². The number of nitrogens with one attached hydrogen (secondary N) is 2. The summed E-state index contributed by atoms with van der Waals surface area (Å²) in [5, 5.41) is 9.21. The second-order valence-corrected chi connectivity index (χ2v) is 10.9. The molecule has 2 aromatic carbocycles. The van der Waals surface area contributed by atoms with Crippen molar-refractivity contribution in [3.63, 3.8) is 0 Å². The molecule has 2 heterocycles. The molecule has 8 nitrogen and oxygen atoms in total. The zero-order valence-corrected chi connectivity index (χ0v) is 24.0. The first-order chi connectivity index (χ1) is 21.0. The zero-order chi connectivity index (χ0) is 31.5. The molecule has 1 atom stereocenters. The summed E-state index contributed by atoms with van der Waals surface area (Å²) in [4.78, 5) is 30.6. The Morgan fingerprint density at radius 1 is 1.05 bits per heavy atom. The summed E-state index contributed by atoms with van der Waals surface area (Å²) in [6.45, 7) is 1.84. The molecule has 5 rings (SSSR count). The highest BCUT2D eigenvalue weighted by atomic mass is 19.4. The van der Waals surface area contributed by atoms with E-state index in [1.54, 1.807) is 37.5 Å². The number of rotatable bonds is 11. The van der Waals surface area contributed by atoms with Gasteiger partial charge in [0.1, 0.15) is 11.5 Å². The number of pyridine rings is 1. The third-order valence-electron chi connectivity index (χ3n) is 7.78. The lowest BCUT2D eigenvalue weighted by atomic mass is 9.78. The minimum atomic E-state index is -4.83. The quantitative estimate of drug-likeness (QED) is 0.178. The molecule has 1 aliphatic carbocycles. The summed E-state index contributed by atoms with van der Waals surface area (Å²) in [5.41, 5.74) is 4.56. The lowest BCUT2D eigenvalue weighted by molar-refractivity contribution is -0.141. The van der Waals surface area contributed by atoms with Crippen LogP contribution in [0.5, 0.6) is 0 Å². The van der Waals surface area contributed by atoms with Crippen LogP contribution in [0.2, 0.25) is 0 Å². The van der Waals surface area contributed by atoms with Crippen LogP contribution in [0.3, 0.4) is 0 Å². The third kappa shape index (κ3) is 6.65. The van der Waals surface area contributed by atoms with Gasteiger partial charge in [0.25, 0.3) is 5.91 Å². The Labute approximate surface area is 251 Å². The highest BCUT2D eigenvalue weighted by molar-refractivity contribution is 6.03. The summed E-state index contributed by atoms with van der Waals surface area (Å²) in [6, 6.07) is 14.6. The van der Waals surface area contributed by atoms with Crippen LogP contribution >= 0.6 is 0 Å². The van der Waals surface area contributed by atoms with E-state index in [1.165, 1.54) is 24.3 Å². The number of nitrogens with two attached hydrogens (primary N) is 1. The van der Waals surface area contributed by atoms with Crippen molar-refractivity contribution in [2.24, 2.45) is 11.7 Å². The van der Waals surface area contributed by atoms with Gasteiger partial charge in [0.2, 0.25) is 5.91 Å². The fourth-order valence-electron chi connectivity index (χ4n) is 5.20. The van der Waals surface area contributed by atoms with Gasteiger partial charge in [0.05, 0.1) is 16.9 Å². The first kappa shape index (κ1) is 30.9. The van der Waals surface area contributed by atoms with Gasteiger partial charge in [-0.2, -0.15) is 18.3 Å². The van der Waals surface area contributed by atoms with Crippen LogP contribution in [0.1, 0.15) is 71.9 Å². The van der Waals surface area contributed by atoms with E-state index < -0.39 is 34.8 Å². The Morgan fingerprint density at radius 2 is 1.84 bits per heavy atom. The normalized spacial score (nSPS) is 14.6. The number of carbonyl (C=O) groups excluding carboxylic acids is 2. The summed E-state index contributed by atoms with van der Waals surface area (Å²) < 4.78 is 57.2. The molecule has 12 heteroatoms. The molecule has 0 aliphatic heterocycles. The van der Waals surface area contributed by atoms with E-state index >= 15 is 4.39 Å². The van der Waals surface area contributed by atoms with Gasteiger partial charge in [-0.1, -0.05) is 44.0 Å². The molecular weight excluding hydrogens is 576 g/mol. The van der Waals surface area contributed by atoms with E-state index in [0.29, 0.717) is 35.1 Å². The number of nitrogens with zero attached hydrogens (tertiary/aromatic N) is 3. The molecule has 0 saturated heterocycles. The molecule has 1 aliphatic rings. The molecule has 4 N–H and O–H groups in total. The van der Waals surface area contributed by atoms with Gasteiger partial charge in [-0.25, -0.2) is 9.07 Å². The average Bonchev–Trinajstić information content (AvgIpc) is 3.74. The van der Waals surface area contributed by atoms with Crippen LogP contribution in [0.4, 0.5) is 23.2 Å². The number of carbonyl (C=O) groups is 2. The predicted octanol–water partition coefficient (Wildman–Crippen LogP) is 6.10. The first-order valence-corrected chi connectivity index (χ1v) is 14.3. The van der Waals surface area contributed by atoms with Crippen molar-refractivity contribution in [2.75, 3.05) is 5.32 Å². The van der Waals surface area contributed by atoms with Crippen LogP contribution in [-0.2, 0) is 23.1 Å². The van der Waals surface area contributed by atoms with E-state index in [9.17, 15) is 22.8 Å². The lowest BCUT2D eigenvalue weighted by Crippen LogP contribution is -2.47. The highest BCUT2D eigenvalue weighted by Crippen LogP contribution is 2.42. The maximum absolute atomic E-state index is 15.3. The van der Waals surface area contributed by atoms with Gasteiger partial charge < -0.3 is 16.4 Å². The molecule has 4 aromatic rings. The van der Waals surface area contributed by atoms with E-state index in [2.05, 4.69) is 20.7 Å². The summed E-state index contributed by atoms with van der Waals surface area (Å²) in [7, 11) is 0. The van der Waals surface area contributed by atoms with Crippen molar-refractivity contribution >= 4 is 17.5 Å². The predicted molar refractivity (Wildman–Crippen MR) is 156 cm³/mol. The van der Waals surface area contributed by atoms with Crippen LogP contribution in [0.15, 0.2) is 73.1 Å². The van der Waals surface area contributed by atoms with Crippen LogP contribution in [0.25, 0.3) is 5.69 Å². The largest absolute Gasteiger partial charge is 0.435 e. The number of halogens is 4. The Bertz CT molecular complexity index is 1650. The van der Waals surface area contributed by atoms with E-state index in [0.717, 1.165) is 30.0 Å². The molecular formula is C32H32F4N6O2. The minimum absolute atomic E-state index is 0.120. The van der Waals surface area contributed by atoms with Crippen molar-refractivity contribution in [2.45, 2.75) is 57.3 Å². The fourth-order valence-corrected chi connectivity index (χ4v) is 5.20. The smallest absolute Gasteiger partial charge is 0.342 e. The molecule has 1 saturated carbocycles. The Hall–Kier alpha value is -4.58. The molecule has 0 radical (unpaired) electrons. The Morgan fingerprint density at radius 3 is 2.50 bits per heavy atom. The number of amides is 2. The van der Waals surface area contributed by atoms with Crippen molar-refractivity contribution in [3.8, 4) is 5.69 Å². The summed E-state index contributed by atoms with van der Waals surface area (Å²) in [6.07, 6.45) is 2.06. The van der Waals surface area contributed by atoms with E-state index in [1.807, 2.05) is 6.07 Å². The minimum Gasteiger partial charge on any atom is -0.342 e. The Balaban J connectivity index is 1.57. The number of hydrogen-bond donors (Lipinski definition) is 3. The van der Waals surface area contributed by atoms with Crippen LogP contribution in [-0.4, -0.2) is 26.6 Å². The van der Waals surface area contributed by atoms with Gasteiger partial charge in [0.15, 0.2) is 5.69 Å². The lowest BCUT2D eigenvalue weighted by Gasteiger charge is -2.36. The number of benzene rings is 2. The summed E-state index contributed by atoms with van der Waals surface area (Å²) >= 11 is 0. The van der Waals surface area contributed by atoms with Crippen molar-refractivity contribution in [3.05, 3.63) is 107 Å². The van der Waals surface area contributed by atoms with Crippen molar-refractivity contribution in [1.29, 1.82) is 0 Å². The number of aromatic nitrogens is 3. The molecule has 0 spiro atoms. The standard InChI is InChI=1S/C32H32F4N6O2/c1-2-29(43)40-31(13-12-20-8-9-20,23-6-4-14-38-19-23)22-10-11-25(33)26(16-22)39-30(44)27-17-28(32(34,35)36)41-42(27)24-7-3-5-21(15-24)18-37/h3-7,10-11,14-17,19-20H,2,8-9,12-13,18,37H2,1H3,(H,39,44)(H,40,43). The zero-order valence-electron chi connectivity index (χ0n) is 24.0. The molecule has 1 fully saturated rings. The van der Waals surface area contributed by atoms with Gasteiger partial charge in [-0.15, -0.1) is 0 Å². The number of alkyl halides is 3. The molecule has 2 aromatic heterocycles. The molecule has 44 heavy (non-hydrogen) atoms. The monoisotopic (exact) mass is 608 g/mol. The first-order valence-electron chi connectivity index (χ1n) is 14.3. The maximum Gasteiger partial charge on any atom is 0.435 e. The SMILES string of the molecule is CCC(=O)NC(CCC1CC1)(c1cccnc1)c1ccc(F)c(NC(=O)c2cc(C(F)(F)F)nn2-c2cccc(CN)c2)c1. The second-order valence-electron chi connectivity index (χ2n) is 10.9. The molecule has 1 unspecified atom stereocenters. The second kappa shape index (κ2) is 12.6. The Kier molecular flexibility index (Phi) is 8.82. The van der Waals surface area contributed by atoms with Crippen molar-refractivity contribution in [1.82, 2.24) is 20.1 Å².